The van der Waals surface area contributed by atoms with Crippen LogP contribution < -0.4 is 10.2 Å². The van der Waals surface area contributed by atoms with E-state index >= 15 is 0 Å². The molecule has 3 N–H and O–H groups in total. The number of rotatable bonds is 19. The molecule has 0 radical (unpaired) electrons. The Bertz CT molecular complexity index is 2000. The fourth-order valence-electron chi connectivity index (χ4n) is 7.02. The summed E-state index contributed by atoms with van der Waals surface area (Å²) in [6.45, 7) is 15.9. The molecule has 14 heteroatoms. The quantitative estimate of drug-likeness (QED) is 0.0659. The zero-order valence-electron chi connectivity index (χ0n) is 31.6. The lowest BCUT2D eigenvalue weighted by molar-refractivity contribution is -0.438. The van der Waals surface area contributed by atoms with Crippen LogP contribution in [0.1, 0.15) is 78.4 Å². The van der Waals surface area contributed by atoms with Crippen LogP contribution in [0.15, 0.2) is 82.3 Å². The number of benzene rings is 2. The monoisotopic (exact) mass is 772 g/mol. The molecule has 12 nitrogen and oxygen atoms in total. The van der Waals surface area contributed by atoms with E-state index in [1.54, 1.807) is 12.1 Å². The van der Waals surface area contributed by atoms with E-state index in [1.807, 2.05) is 71.9 Å². The summed E-state index contributed by atoms with van der Waals surface area (Å²) in [4.78, 5) is 14.1. The second-order valence-electron chi connectivity index (χ2n) is 14.1. The van der Waals surface area contributed by atoms with Gasteiger partial charge in [0.15, 0.2) is 5.71 Å². The SMILES string of the molecule is CCOCCOCCNC(=O)CCCCC[N+]1=C(/C=C/C=C/C=C2\N(CC)c3ccc(S(=O)(=O)O)cc3C2(C)C)C(C)(C)c2cc(S(=O)(=O)O)ccc21. The van der Waals surface area contributed by atoms with Gasteiger partial charge in [-0.15, -0.1) is 0 Å². The van der Waals surface area contributed by atoms with Crippen molar-refractivity contribution in [3.05, 3.63) is 83.6 Å². The first kappa shape index (κ1) is 42.1. The number of fused-ring (bicyclic) bond motifs is 2. The van der Waals surface area contributed by atoms with Crippen LogP contribution in [0.2, 0.25) is 0 Å². The van der Waals surface area contributed by atoms with Crippen LogP contribution in [0.3, 0.4) is 0 Å². The maximum Gasteiger partial charge on any atom is 0.294 e. The maximum atomic E-state index is 12.3. The van der Waals surface area contributed by atoms with Crippen LogP contribution in [-0.4, -0.2) is 88.2 Å². The van der Waals surface area contributed by atoms with Gasteiger partial charge in [0, 0.05) is 67.0 Å². The number of carbonyl (C=O) groups excluding carboxylic acids is 1. The molecule has 2 aliphatic heterocycles. The van der Waals surface area contributed by atoms with Crippen molar-refractivity contribution >= 4 is 43.2 Å². The highest BCUT2D eigenvalue weighted by Gasteiger charge is 2.45. The number of allylic oxidation sites excluding steroid dienone is 6. The number of hydrogen-bond donors (Lipinski definition) is 3. The van der Waals surface area contributed by atoms with Crippen LogP contribution in [0.4, 0.5) is 11.4 Å². The zero-order chi connectivity index (χ0) is 39.0. The van der Waals surface area contributed by atoms with Gasteiger partial charge >= 0.3 is 0 Å². The Morgan fingerprint density at radius 1 is 0.830 bits per heavy atom. The number of carbonyl (C=O) groups is 1. The van der Waals surface area contributed by atoms with Crippen molar-refractivity contribution < 1.29 is 44.8 Å². The largest absolute Gasteiger partial charge is 0.379 e. The van der Waals surface area contributed by atoms with Gasteiger partial charge < -0.3 is 19.7 Å². The summed E-state index contributed by atoms with van der Waals surface area (Å²) in [5.41, 5.74) is 4.18. The third-order valence-corrected chi connectivity index (χ3v) is 11.5. The van der Waals surface area contributed by atoms with Gasteiger partial charge in [0.25, 0.3) is 20.2 Å². The Balaban J connectivity index is 1.49. The van der Waals surface area contributed by atoms with Crippen molar-refractivity contribution in [1.82, 2.24) is 5.32 Å². The first-order valence-corrected chi connectivity index (χ1v) is 21.0. The Labute approximate surface area is 314 Å². The minimum atomic E-state index is -4.40. The predicted molar refractivity (Wildman–Crippen MR) is 207 cm³/mol. The number of unbranched alkanes of at least 4 members (excludes halogenated alkanes) is 2. The van der Waals surface area contributed by atoms with Gasteiger partial charge in [0.2, 0.25) is 11.6 Å². The number of nitrogens with one attached hydrogen (secondary N) is 1. The smallest absolute Gasteiger partial charge is 0.294 e. The topological polar surface area (TPSA) is 163 Å². The minimum absolute atomic E-state index is 0.0180. The van der Waals surface area contributed by atoms with Crippen molar-refractivity contribution in [2.45, 2.75) is 87.8 Å². The molecular formula is C39H54N3O9S2+. The molecule has 0 bridgehead atoms. The average molecular weight is 773 g/mol. The second kappa shape index (κ2) is 17.7. The molecule has 0 spiro atoms. The normalized spacial score (nSPS) is 17.4. The van der Waals surface area contributed by atoms with Crippen LogP contribution in [-0.2, 0) is 45.3 Å². The molecule has 0 saturated heterocycles. The molecule has 1 amide bonds. The maximum absolute atomic E-state index is 12.3. The van der Waals surface area contributed by atoms with Gasteiger partial charge in [-0.2, -0.15) is 21.4 Å². The lowest BCUT2D eigenvalue weighted by Crippen LogP contribution is -2.28. The molecule has 290 valence electrons. The van der Waals surface area contributed by atoms with E-state index in [0.717, 1.165) is 53.2 Å². The van der Waals surface area contributed by atoms with Crippen LogP contribution in [0.25, 0.3) is 0 Å². The number of nitrogens with zero attached hydrogens (tertiary/aromatic N) is 2. The lowest BCUT2D eigenvalue weighted by Gasteiger charge is -2.25. The van der Waals surface area contributed by atoms with Crippen LogP contribution in [0.5, 0.6) is 0 Å². The Morgan fingerprint density at radius 3 is 2.15 bits per heavy atom. The molecule has 2 heterocycles. The highest BCUT2D eigenvalue weighted by molar-refractivity contribution is 7.86. The second-order valence-corrected chi connectivity index (χ2v) is 16.9. The fraction of sp³-hybridized carbons (Fsp3) is 0.487. The van der Waals surface area contributed by atoms with Crippen LogP contribution in [0, 0.1) is 0 Å². The number of hydrogen-bond acceptors (Lipinski definition) is 8. The Morgan fingerprint density at radius 2 is 1.49 bits per heavy atom. The first-order valence-electron chi connectivity index (χ1n) is 18.1. The molecule has 0 atom stereocenters. The summed E-state index contributed by atoms with van der Waals surface area (Å²) in [5.74, 6) is -0.0180. The summed E-state index contributed by atoms with van der Waals surface area (Å²) in [7, 11) is -8.74. The van der Waals surface area contributed by atoms with Gasteiger partial charge in [-0.1, -0.05) is 32.1 Å². The highest BCUT2D eigenvalue weighted by atomic mass is 32.2. The van der Waals surface area contributed by atoms with Crippen molar-refractivity contribution in [2.24, 2.45) is 0 Å². The standard InChI is InChI=1S/C39H53N3O9S2/c1-7-41-33-20-18-29(52(44,45)46)27-31(33)38(3,4)35(41)15-11-9-12-16-36-39(5,6)32-28-30(53(47,48)49)19-21-34(32)42(36)23-14-10-13-17-37(43)40-22-24-51-26-25-50-8-2/h9,11-12,15-16,18-21,27-28H,7-8,10,13-14,17,22-26H2,1-6H3,(H2-,40,43,44,45,46,47,48,49)/p+1. The molecule has 0 aromatic heterocycles. The molecule has 2 aromatic carbocycles. The predicted octanol–water partition coefficient (Wildman–Crippen LogP) is 6.10. The van der Waals surface area contributed by atoms with Gasteiger partial charge in [0.1, 0.15) is 6.54 Å². The van der Waals surface area contributed by atoms with E-state index in [0.29, 0.717) is 52.5 Å². The summed E-state index contributed by atoms with van der Waals surface area (Å²) < 4.78 is 80.1. The van der Waals surface area contributed by atoms with Crippen LogP contribution >= 0.6 is 0 Å². The summed E-state index contributed by atoms with van der Waals surface area (Å²) in [6, 6.07) is 9.37. The Hall–Kier alpha value is -3.66. The number of ether oxygens (including phenoxy) is 2. The molecular weight excluding hydrogens is 719 g/mol. The minimum Gasteiger partial charge on any atom is -0.379 e. The van der Waals surface area contributed by atoms with E-state index < -0.39 is 31.1 Å². The molecule has 53 heavy (non-hydrogen) atoms. The number of amides is 1. The van der Waals surface area contributed by atoms with E-state index in [9.17, 15) is 30.7 Å². The molecule has 2 aromatic rings. The van der Waals surface area contributed by atoms with Crippen molar-refractivity contribution in [3.63, 3.8) is 0 Å². The third kappa shape index (κ3) is 10.1. The molecule has 0 saturated carbocycles. The summed E-state index contributed by atoms with van der Waals surface area (Å²) in [6.07, 6.45) is 12.5. The summed E-state index contributed by atoms with van der Waals surface area (Å²) >= 11 is 0. The van der Waals surface area contributed by atoms with E-state index in [1.165, 1.54) is 24.3 Å². The Kier molecular flexibility index (Phi) is 14.0. The first-order chi connectivity index (χ1) is 24.9. The summed E-state index contributed by atoms with van der Waals surface area (Å²) in [5, 5.41) is 2.89. The van der Waals surface area contributed by atoms with Gasteiger partial charge in [-0.05, 0) is 82.5 Å². The van der Waals surface area contributed by atoms with Gasteiger partial charge in [-0.25, -0.2) is 0 Å². The molecule has 4 rings (SSSR count). The van der Waals surface area contributed by atoms with Gasteiger partial charge in [-0.3, -0.25) is 13.9 Å². The van der Waals surface area contributed by atoms with Gasteiger partial charge in [0.05, 0.1) is 35.0 Å². The lowest BCUT2D eigenvalue weighted by atomic mass is 9.81. The molecule has 0 fully saturated rings. The average Bonchev–Trinajstić information content (AvgIpc) is 3.44. The van der Waals surface area contributed by atoms with E-state index in [2.05, 4.69) is 14.8 Å². The van der Waals surface area contributed by atoms with E-state index in [-0.39, 0.29) is 15.7 Å². The number of anilines is 1. The number of likely N-dealkylation sites (N-methyl/N-ethyl adjacent to an activating group) is 1. The van der Waals surface area contributed by atoms with Crippen molar-refractivity contribution in [1.29, 1.82) is 0 Å². The highest BCUT2D eigenvalue weighted by Crippen LogP contribution is 2.48. The molecule has 0 aliphatic carbocycles. The molecule has 0 unspecified atom stereocenters. The fourth-order valence-corrected chi connectivity index (χ4v) is 8.03. The zero-order valence-corrected chi connectivity index (χ0v) is 33.2. The van der Waals surface area contributed by atoms with Crippen molar-refractivity contribution in [2.75, 3.05) is 51.0 Å². The third-order valence-electron chi connectivity index (χ3n) is 9.80. The van der Waals surface area contributed by atoms with E-state index in [4.69, 9.17) is 9.47 Å². The van der Waals surface area contributed by atoms with Crippen molar-refractivity contribution in [3.8, 4) is 0 Å². The molecule has 2 aliphatic rings.